The Morgan fingerprint density at radius 1 is 0.408 bits per heavy atom. The Morgan fingerprint density at radius 2 is 0.673 bits per heavy atom. The second-order valence-electron chi connectivity index (χ2n) is 11.1. The number of hydrogen-bond donors (Lipinski definition) is 4. The maximum Gasteiger partial charge on any atom is 0.269 e. The van der Waals surface area contributed by atoms with Crippen LogP contribution in [0, 0.1) is 20.2 Å². The van der Waals surface area contributed by atoms with Gasteiger partial charge in [-0.25, -0.2) is 0 Å². The SMILES string of the molecule is O=c1c2ccc(Nc3ccc(Nc4ccc([N+](=O)[O-])cc4)cc3)cc2oc2cc(Nc3ccc(Nc4ccc([N+](=O)[O-])cc4)cc3)ccc12. The van der Waals surface area contributed by atoms with Gasteiger partial charge in [0.05, 0.1) is 20.6 Å². The molecule has 0 unspecified atom stereocenters. The summed E-state index contributed by atoms with van der Waals surface area (Å²) in [6, 6.07) is 38.2. The summed E-state index contributed by atoms with van der Waals surface area (Å²) in [6.07, 6.45) is 0. The van der Waals surface area contributed by atoms with E-state index in [2.05, 4.69) is 21.3 Å². The summed E-state index contributed by atoms with van der Waals surface area (Å²) in [5, 5.41) is 35.8. The van der Waals surface area contributed by atoms with Crippen molar-refractivity contribution in [2.24, 2.45) is 0 Å². The van der Waals surface area contributed by atoms with Crippen molar-refractivity contribution in [2.45, 2.75) is 0 Å². The lowest BCUT2D eigenvalue weighted by Gasteiger charge is -2.11. The Kier molecular flexibility index (Phi) is 8.01. The molecule has 0 amide bonds. The highest BCUT2D eigenvalue weighted by Crippen LogP contribution is 2.29. The van der Waals surface area contributed by atoms with Gasteiger partial charge in [-0.3, -0.25) is 25.0 Å². The number of nitrogens with one attached hydrogen (secondary N) is 4. The summed E-state index contributed by atoms with van der Waals surface area (Å²) in [6.45, 7) is 0. The van der Waals surface area contributed by atoms with Crippen LogP contribution in [0.15, 0.2) is 143 Å². The fourth-order valence-electron chi connectivity index (χ4n) is 5.28. The van der Waals surface area contributed by atoms with Crippen molar-refractivity contribution < 1.29 is 14.3 Å². The molecular weight excluding hydrogens is 624 g/mol. The third-order valence-corrected chi connectivity index (χ3v) is 7.75. The van der Waals surface area contributed by atoms with Crippen LogP contribution in [0.1, 0.15) is 0 Å². The second kappa shape index (κ2) is 12.9. The molecule has 0 atom stereocenters. The van der Waals surface area contributed by atoms with E-state index in [1.54, 1.807) is 48.5 Å². The van der Waals surface area contributed by atoms with Crippen LogP contribution in [0.3, 0.4) is 0 Å². The van der Waals surface area contributed by atoms with E-state index in [0.29, 0.717) is 21.9 Å². The van der Waals surface area contributed by atoms with Crippen LogP contribution in [-0.2, 0) is 0 Å². The summed E-state index contributed by atoms with van der Waals surface area (Å²) < 4.78 is 6.22. The standard InChI is InChI=1S/C37H26N6O6/c44-37-33-19-13-29(40-25-5-1-23(2-6-25)38-27-9-15-31(16-10-27)42(45)46)21-35(33)49-36-22-30(14-20-34(36)37)41-26-7-3-24(4-8-26)39-28-11-17-32(18-12-28)43(47)48/h1-22,38-41H. The molecule has 0 saturated heterocycles. The molecule has 12 nitrogen and oxygen atoms in total. The summed E-state index contributed by atoms with van der Waals surface area (Å²) in [5.41, 5.74) is 7.02. The van der Waals surface area contributed by atoms with Gasteiger partial charge in [-0.1, -0.05) is 0 Å². The summed E-state index contributed by atoms with van der Waals surface area (Å²) in [7, 11) is 0. The van der Waals surface area contributed by atoms with Gasteiger partial charge in [0.1, 0.15) is 11.2 Å². The topological polar surface area (TPSA) is 165 Å². The van der Waals surface area contributed by atoms with Crippen LogP contribution in [-0.4, -0.2) is 9.85 Å². The summed E-state index contributed by atoms with van der Waals surface area (Å²) in [4.78, 5) is 34.2. The monoisotopic (exact) mass is 650 g/mol. The normalized spacial score (nSPS) is 10.9. The lowest BCUT2D eigenvalue weighted by molar-refractivity contribution is -0.385. The predicted molar refractivity (Wildman–Crippen MR) is 192 cm³/mol. The molecule has 49 heavy (non-hydrogen) atoms. The molecule has 7 rings (SSSR count). The molecule has 0 spiro atoms. The Labute approximate surface area is 277 Å². The average Bonchev–Trinajstić information content (AvgIpc) is 3.10. The molecule has 0 aliphatic rings. The van der Waals surface area contributed by atoms with Crippen molar-refractivity contribution in [1.29, 1.82) is 0 Å². The largest absolute Gasteiger partial charge is 0.456 e. The molecule has 0 radical (unpaired) electrons. The molecule has 0 saturated carbocycles. The maximum absolute atomic E-state index is 13.3. The number of nitrogens with zero attached hydrogens (tertiary/aromatic N) is 2. The fourth-order valence-corrected chi connectivity index (χ4v) is 5.28. The van der Waals surface area contributed by atoms with E-state index >= 15 is 0 Å². The molecule has 0 aliphatic heterocycles. The number of hydrogen-bond acceptors (Lipinski definition) is 10. The first-order valence-electron chi connectivity index (χ1n) is 15.1. The van der Waals surface area contributed by atoms with E-state index in [1.807, 2.05) is 60.7 Å². The molecule has 4 N–H and O–H groups in total. The van der Waals surface area contributed by atoms with E-state index in [-0.39, 0.29) is 16.8 Å². The Hall–Kier alpha value is -7.21. The predicted octanol–water partition coefficient (Wildman–Crippen LogP) is 9.74. The first-order valence-corrected chi connectivity index (χ1v) is 15.1. The van der Waals surface area contributed by atoms with Gasteiger partial charge < -0.3 is 25.7 Å². The quantitative estimate of drug-likeness (QED) is 0.0636. The van der Waals surface area contributed by atoms with E-state index in [9.17, 15) is 25.0 Å². The summed E-state index contributed by atoms with van der Waals surface area (Å²) >= 11 is 0. The van der Waals surface area contributed by atoms with E-state index in [1.165, 1.54) is 24.3 Å². The zero-order valence-corrected chi connectivity index (χ0v) is 25.5. The van der Waals surface area contributed by atoms with Crippen LogP contribution in [0.4, 0.5) is 56.9 Å². The minimum Gasteiger partial charge on any atom is -0.456 e. The molecule has 6 aromatic carbocycles. The highest BCUT2D eigenvalue weighted by Gasteiger charge is 2.11. The molecule has 240 valence electrons. The van der Waals surface area contributed by atoms with Gasteiger partial charge >= 0.3 is 0 Å². The van der Waals surface area contributed by atoms with Crippen LogP contribution >= 0.6 is 0 Å². The van der Waals surface area contributed by atoms with Gasteiger partial charge in [-0.2, -0.15) is 0 Å². The number of rotatable bonds is 10. The van der Waals surface area contributed by atoms with Gasteiger partial charge in [0.2, 0.25) is 5.43 Å². The smallest absolute Gasteiger partial charge is 0.269 e. The molecular formula is C37H26N6O6. The Bertz CT molecular complexity index is 2230. The second-order valence-corrected chi connectivity index (χ2v) is 11.1. The third kappa shape index (κ3) is 6.83. The number of nitro benzene ring substituents is 2. The van der Waals surface area contributed by atoms with Crippen molar-refractivity contribution in [3.8, 4) is 0 Å². The van der Waals surface area contributed by atoms with Crippen LogP contribution < -0.4 is 26.7 Å². The molecule has 0 bridgehead atoms. The van der Waals surface area contributed by atoms with Crippen LogP contribution in [0.25, 0.3) is 21.9 Å². The van der Waals surface area contributed by atoms with Crippen molar-refractivity contribution >= 4 is 78.8 Å². The zero-order valence-electron chi connectivity index (χ0n) is 25.5. The van der Waals surface area contributed by atoms with Crippen molar-refractivity contribution in [1.82, 2.24) is 0 Å². The van der Waals surface area contributed by atoms with E-state index in [0.717, 1.165) is 45.5 Å². The number of benzene rings is 6. The molecule has 1 aromatic heterocycles. The minimum atomic E-state index is -0.436. The number of anilines is 8. The van der Waals surface area contributed by atoms with Crippen LogP contribution in [0.5, 0.6) is 0 Å². The molecule has 0 fully saturated rings. The highest BCUT2D eigenvalue weighted by atomic mass is 16.6. The highest BCUT2D eigenvalue weighted by molar-refractivity contribution is 5.93. The lowest BCUT2D eigenvalue weighted by atomic mass is 10.1. The number of fused-ring (bicyclic) bond motifs is 2. The van der Waals surface area contributed by atoms with Crippen molar-refractivity contribution in [3.63, 3.8) is 0 Å². The van der Waals surface area contributed by atoms with Crippen molar-refractivity contribution in [3.05, 3.63) is 164 Å². The van der Waals surface area contributed by atoms with Crippen molar-refractivity contribution in [2.75, 3.05) is 21.3 Å². The molecule has 12 heteroatoms. The zero-order chi connectivity index (χ0) is 33.9. The number of non-ortho nitro benzene ring substituents is 2. The maximum atomic E-state index is 13.3. The molecule has 7 aromatic rings. The van der Waals surface area contributed by atoms with Gasteiger partial charge in [-0.05, 0) is 97.1 Å². The fraction of sp³-hybridized carbons (Fsp3) is 0. The lowest BCUT2D eigenvalue weighted by Crippen LogP contribution is -2.03. The van der Waals surface area contributed by atoms with E-state index < -0.39 is 9.85 Å². The number of nitro groups is 2. The van der Waals surface area contributed by atoms with Gasteiger partial charge in [0.25, 0.3) is 11.4 Å². The first kappa shape index (κ1) is 30.4. The summed E-state index contributed by atoms with van der Waals surface area (Å²) in [5.74, 6) is 0. The van der Waals surface area contributed by atoms with Gasteiger partial charge in [0, 0.05) is 81.9 Å². The Balaban J connectivity index is 1.04. The third-order valence-electron chi connectivity index (χ3n) is 7.75. The average molecular weight is 651 g/mol. The first-order chi connectivity index (χ1) is 23.8. The Morgan fingerprint density at radius 3 is 0.980 bits per heavy atom. The van der Waals surface area contributed by atoms with Crippen LogP contribution in [0.2, 0.25) is 0 Å². The molecule has 0 aliphatic carbocycles. The minimum absolute atomic E-state index is 0.0290. The van der Waals surface area contributed by atoms with Gasteiger partial charge in [-0.15, -0.1) is 0 Å². The van der Waals surface area contributed by atoms with E-state index in [4.69, 9.17) is 4.42 Å². The van der Waals surface area contributed by atoms with Gasteiger partial charge in [0.15, 0.2) is 0 Å². The molecule has 1 heterocycles.